The molecule has 3 aromatic heterocycles. The average Bonchev–Trinajstić information content (AvgIpc) is 4.06. The van der Waals surface area contributed by atoms with E-state index in [1.807, 2.05) is 0 Å². The number of anilines is 4. The number of alkyl halides is 2. The van der Waals surface area contributed by atoms with E-state index in [0.717, 1.165) is 32.5 Å². The van der Waals surface area contributed by atoms with E-state index in [0.29, 0.717) is 78.1 Å². The molecule has 2 unspecified atom stereocenters. The quantitative estimate of drug-likeness (QED) is 0.113. The van der Waals surface area contributed by atoms with Gasteiger partial charge in [0.05, 0.1) is 35.1 Å². The number of halogens is 5. The van der Waals surface area contributed by atoms with E-state index < -0.39 is 47.6 Å². The number of nitrogens with one attached hydrogen (secondary N) is 3. The number of imide groups is 1. The van der Waals surface area contributed by atoms with Gasteiger partial charge in [-0.05, 0) is 100 Å². The number of carbonyl (C=O) groups excluding carboxylic acids is 2. The summed E-state index contributed by atoms with van der Waals surface area (Å²) in [6, 6.07) is 5.45. The fourth-order valence-corrected chi connectivity index (χ4v) is 10.2. The second kappa shape index (κ2) is 15.9. The molecule has 14 nitrogen and oxygen atoms in total. The molecule has 2 amide bonds. The zero-order valence-corrected chi connectivity index (χ0v) is 35.6. The molecule has 2 aromatic carbocycles. The number of pyridine rings is 1. The number of amides is 2. The lowest BCUT2D eigenvalue weighted by molar-refractivity contribution is -0.134. The Morgan fingerprint density at radius 2 is 1.73 bits per heavy atom. The monoisotopic (exact) mass is 890 g/mol. The lowest BCUT2D eigenvalue weighted by atomic mass is 9.86. The van der Waals surface area contributed by atoms with E-state index in [-0.39, 0.29) is 64.2 Å². The highest BCUT2D eigenvalue weighted by atomic mass is 35.5. The molecule has 4 fully saturated rings. The van der Waals surface area contributed by atoms with Crippen molar-refractivity contribution in [2.75, 3.05) is 54.9 Å². The second-order valence-electron chi connectivity index (χ2n) is 17.8. The van der Waals surface area contributed by atoms with Gasteiger partial charge in [-0.2, -0.15) is 10.1 Å². The number of aryl methyl sites for hydroxylation is 2. The minimum absolute atomic E-state index is 0.0629. The molecule has 1 aliphatic carbocycles. The van der Waals surface area contributed by atoms with Crippen LogP contribution < -0.4 is 31.1 Å². The maximum Gasteiger partial charge on any atom is 0.301 e. The van der Waals surface area contributed by atoms with E-state index in [4.69, 9.17) is 21.3 Å². The van der Waals surface area contributed by atoms with Crippen molar-refractivity contribution in [2.45, 2.75) is 75.2 Å². The number of aromatic nitrogens is 5. The van der Waals surface area contributed by atoms with Gasteiger partial charge in [0.2, 0.25) is 23.5 Å². The van der Waals surface area contributed by atoms with Gasteiger partial charge in [0.25, 0.3) is 5.56 Å². The Labute approximate surface area is 364 Å². The Kier molecular flexibility index (Phi) is 10.5. The SMILES string of the molecule is Cn1nc(C2CCC(=O)NC2=O)c2cc(F)c(C3CCN(CC4CCN(c5ncc(Cl)c(Nc6ccc7c(c6)c6c(c(=O)n7C)OCC(F)(F)C(C7CC7)N6)n5)CC4)CC3)c(F)c21. The lowest BCUT2D eigenvalue weighted by Gasteiger charge is -2.38. The van der Waals surface area contributed by atoms with Crippen LogP contribution in [0, 0.1) is 23.5 Å². The topological polar surface area (TPSA) is 152 Å². The van der Waals surface area contributed by atoms with Crippen molar-refractivity contribution in [2.24, 2.45) is 25.9 Å². The summed E-state index contributed by atoms with van der Waals surface area (Å²) in [6.45, 7) is 2.84. The zero-order valence-electron chi connectivity index (χ0n) is 34.8. The molecule has 3 saturated heterocycles. The molecule has 7 heterocycles. The van der Waals surface area contributed by atoms with Crippen molar-refractivity contribution in [1.82, 2.24) is 34.5 Å². The molecular formula is C44H47ClF4N10O4. The van der Waals surface area contributed by atoms with Crippen molar-refractivity contribution in [3.8, 4) is 5.75 Å². The summed E-state index contributed by atoms with van der Waals surface area (Å²) in [5, 5.41) is 14.1. The summed E-state index contributed by atoms with van der Waals surface area (Å²) in [7, 11) is 3.17. The zero-order chi connectivity index (χ0) is 43.9. The van der Waals surface area contributed by atoms with Gasteiger partial charge < -0.3 is 29.7 Å². The number of likely N-dealkylation sites (tertiary alicyclic amines) is 1. The number of fused-ring (bicyclic) bond motifs is 4. The van der Waals surface area contributed by atoms with Crippen molar-refractivity contribution in [3.63, 3.8) is 0 Å². The van der Waals surface area contributed by atoms with Crippen LogP contribution >= 0.6 is 11.6 Å². The van der Waals surface area contributed by atoms with Crippen molar-refractivity contribution < 1.29 is 31.9 Å². The van der Waals surface area contributed by atoms with E-state index in [2.05, 4.69) is 35.8 Å². The van der Waals surface area contributed by atoms with Crippen LogP contribution in [0.4, 0.5) is 40.7 Å². The van der Waals surface area contributed by atoms with Crippen molar-refractivity contribution in [1.29, 1.82) is 0 Å². The van der Waals surface area contributed by atoms with Crippen LogP contribution in [0.5, 0.6) is 5.75 Å². The number of nitrogens with zero attached hydrogens (tertiary/aromatic N) is 7. The summed E-state index contributed by atoms with van der Waals surface area (Å²) in [6.07, 6.45) is 6.29. The molecule has 1 saturated carbocycles. The third-order valence-electron chi connectivity index (χ3n) is 13.7. The molecule has 2 atom stereocenters. The average molecular weight is 891 g/mol. The minimum Gasteiger partial charge on any atom is -0.480 e. The summed E-state index contributed by atoms with van der Waals surface area (Å²) in [5.41, 5.74) is 1.40. The Morgan fingerprint density at radius 3 is 2.46 bits per heavy atom. The fourth-order valence-electron chi connectivity index (χ4n) is 10.1. The number of hydrogen-bond donors (Lipinski definition) is 3. The molecule has 3 N–H and O–H groups in total. The van der Waals surface area contributed by atoms with Gasteiger partial charge >= 0.3 is 5.92 Å². The van der Waals surface area contributed by atoms with Gasteiger partial charge in [0.15, 0.2) is 18.2 Å². The highest BCUT2D eigenvalue weighted by Crippen LogP contribution is 2.46. The van der Waals surface area contributed by atoms with Crippen molar-refractivity contribution >= 4 is 68.4 Å². The van der Waals surface area contributed by atoms with Crippen LogP contribution in [0.1, 0.15) is 74.5 Å². The smallest absolute Gasteiger partial charge is 0.301 e. The third kappa shape index (κ3) is 7.61. The Bertz CT molecular complexity index is 2730. The Morgan fingerprint density at radius 1 is 0.968 bits per heavy atom. The highest BCUT2D eigenvalue weighted by Gasteiger charge is 2.51. The van der Waals surface area contributed by atoms with E-state index in [1.54, 1.807) is 38.5 Å². The Hall–Kier alpha value is -5.49. The number of benzene rings is 2. The van der Waals surface area contributed by atoms with Crippen LogP contribution in [-0.2, 0) is 23.7 Å². The number of carbonyl (C=O) groups is 2. The Balaban J connectivity index is 0.777. The molecule has 63 heavy (non-hydrogen) atoms. The molecule has 4 aliphatic heterocycles. The second-order valence-corrected chi connectivity index (χ2v) is 18.2. The predicted octanol–water partition coefficient (Wildman–Crippen LogP) is 6.72. The molecule has 332 valence electrons. The number of hydrogen-bond acceptors (Lipinski definition) is 11. The standard InChI is InChI=1S/C44H47ClF4N10O4/c1-56-31-7-5-25(17-27(31)36-38(42(56)62)63-21-44(48,49)39(53-36)24-3-4-24)51-40-29(45)19-50-43(54-40)59-15-9-22(10-16-59)20-58-13-11-23(12-14-58)33-30(46)18-28-35(55-57(2)37(28)34(33)47)26-6-8-32(60)52-41(26)61/h5,7,17-19,22-24,26,39,53H,3-4,6,8-16,20-21H2,1-2H3,(H,50,51,54)(H,52,60,61). The first-order valence-electron chi connectivity index (χ1n) is 21.6. The van der Waals surface area contributed by atoms with Gasteiger partial charge in [0.1, 0.15) is 16.4 Å². The highest BCUT2D eigenvalue weighted by molar-refractivity contribution is 6.33. The van der Waals surface area contributed by atoms with E-state index in [9.17, 15) is 14.4 Å². The maximum atomic E-state index is 16.2. The lowest BCUT2D eigenvalue weighted by Crippen LogP contribution is -2.44. The minimum atomic E-state index is -3.15. The van der Waals surface area contributed by atoms with Crippen LogP contribution in [0.2, 0.25) is 5.02 Å². The summed E-state index contributed by atoms with van der Waals surface area (Å²) < 4.78 is 70.6. The summed E-state index contributed by atoms with van der Waals surface area (Å²) >= 11 is 6.61. The molecule has 10 rings (SSSR count). The summed E-state index contributed by atoms with van der Waals surface area (Å²) in [4.78, 5) is 51.3. The normalized spacial score (nSPS) is 22.4. The van der Waals surface area contributed by atoms with Gasteiger partial charge in [-0.1, -0.05) is 11.6 Å². The number of piperidine rings is 3. The van der Waals surface area contributed by atoms with Gasteiger partial charge in [0, 0.05) is 62.2 Å². The molecular weight excluding hydrogens is 844 g/mol. The fraction of sp³-hybridized carbons (Fsp3) is 0.500. The van der Waals surface area contributed by atoms with Crippen LogP contribution in [-0.4, -0.2) is 92.3 Å². The van der Waals surface area contributed by atoms with E-state index in [1.165, 1.54) is 15.3 Å². The first-order chi connectivity index (χ1) is 30.2. The van der Waals surface area contributed by atoms with Gasteiger partial charge in [-0.25, -0.2) is 22.5 Å². The van der Waals surface area contributed by atoms with Gasteiger partial charge in [-0.3, -0.25) is 24.4 Å². The molecule has 5 aliphatic rings. The van der Waals surface area contributed by atoms with Gasteiger partial charge in [-0.15, -0.1) is 0 Å². The van der Waals surface area contributed by atoms with E-state index >= 15 is 17.6 Å². The summed E-state index contributed by atoms with van der Waals surface area (Å²) in [5.74, 6) is -5.40. The molecule has 0 radical (unpaired) electrons. The molecule has 0 bridgehead atoms. The third-order valence-corrected chi connectivity index (χ3v) is 13.9. The van der Waals surface area contributed by atoms with Crippen LogP contribution in [0.3, 0.4) is 0 Å². The molecule has 5 aromatic rings. The predicted molar refractivity (Wildman–Crippen MR) is 229 cm³/mol. The van der Waals surface area contributed by atoms with Crippen LogP contribution in [0.15, 0.2) is 35.3 Å². The largest absolute Gasteiger partial charge is 0.480 e. The first kappa shape index (κ1) is 41.5. The van der Waals surface area contributed by atoms with Crippen LogP contribution in [0.25, 0.3) is 21.8 Å². The molecule has 19 heteroatoms. The van der Waals surface area contributed by atoms with Crippen molar-refractivity contribution in [3.05, 3.63) is 68.7 Å². The maximum absolute atomic E-state index is 16.2. The first-order valence-corrected chi connectivity index (χ1v) is 22.0. The number of ether oxygens (including phenoxy) is 1. The number of rotatable bonds is 8. The molecule has 0 spiro atoms.